The SMILES string of the molecule is CCCCCCCCCCCCOc1cc(OC)c(C(=O)O)cc1C(=O)O. The zero-order chi connectivity index (χ0) is 20.1. The summed E-state index contributed by atoms with van der Waals surface area (Å²) in [6, 6.07) is 2.42. The van der Waals surface area contributed by atoms with E-state index in [0.29, 0.717) is 6.61 Å². The van der Waals surface area contributed by atoms with Crippen molar-refractivity contribution < 1.29 is 29.3 Å². The van der Waals surface area contributed by atoms with Crippen molar-refractivity contribution in [2.75, 3.05) is 13.7 Å². The van der Waals surface area contributed by atoms with Crippen LogP contribution in [-0.4, -0.2) is 35.9 Å². The Morgan fingerprint density at radius 2 is 1.26 bits per heavy atom. The summed E-state index contributed by atoms with van der Waals surface area (Å²) in [4.78, 5) is 22.6. The fourth-order valence-corrected chi connectivity index (χ4v) is 2.96. The first-order valence-electron chi connectivity index (χ1n) is 9.82. The van der Waals surface area contributed by atoms with Gasteiger partial charge in [0.05, 0.1) is 13.7 Å². The van der Waals surface area contributed by atoms with Gasteiger partial charge in [0.1, 0.15) is 22.6 Å². The molecular weight excluding hydrogens is 348 g/mol. The summed E-state index contributed by atoms with van der Waals surface area (Å²) in [7, 11) is 1.34. The molecule has 0 fully saturated rings. The molecule has 0 spiro atoms. The molecule has 0 aliphatic rings. The molecule has 0 saturated carbocycles. The van der Waals surface area contributed by atoms with Crippen molar-refractivity contribution in [1.82, 2.24) is 0 Å². The summed E-state index contributed by atoms with van der Waals surface area (Å²) in [5, 5.41) is 18.5. The number of carbonyl (C=O) groups is 2. The standard InChI is InChI=1S/C21H32O6/c1-3-4-5-6-7-8-9-10-11-12-13-27-19-15-18(26-2)16(20(22)23)14-17(19)21(24)25/h14-15H,3-13H2,1-2H3,(H,22,23)(H,24,25). The first-order chi connectivity index (χ1) is 13.0. The Bertz CT molecular complexity index is 597. The van der Waals surface area contributed by atoms with E-state index in [1.54, 1.807) is 0 Å². The molecule has 0 atom stereocenters. The maximum atomic E-state index is 11.4. The van der Waals surface area contributed by atoms with Crippen LogP contribution in [0.5, 0.6) is 11.5 Å². The maximum absolute atomic E-state index is 11.4. The molecule has 1 aromatic carbocycles. The maximum Gasteiger partial charge on any atom is 0.339 e. The lowest BCUT2D eigenvalue weighted by molar-refractivity contribution is 0.0692. The van der Waals surface area contributed by atoms with Crippen LogP contribution in [0.25, 0.3) is 0 Å². The molecule has 0 saturated heterocycles. The number of aromatic carboxylic acids is 2. The number of hydrogen-bond donors (Lipinski definition) is 2. The third-order valence-corrected chi connectivity index (χ3v) is 4.52. The van der Waals surface area contributed by atoms with Gasteiger partial charge in [-0.2, -0.15) is 0 Å². The van der Waals surface area contributed by atoms with Crippen LogP contribution < -0.4 is 9.47 Å². The molecule has 6 heteroatoms. The Kier molecular flexibility index (Phi) is 11.0. The van der Waals surface area contributed by atoms with Gasteiger partial charge in [0.2, 0.25) is 0 Å². The van der Waals surface area contributed by atoms with Gasteiger partial charge in [-0.25, -0.2) is 9.59 Å². The summed E-state index contributed by atoms with van der Waals surface area (Å²) in [6.07, 6.45) is 12.0. The predicted molar refractivity (Wildman–Crippen MR) is 104 cm³/mol. The molecule has 0 aliphatic heterocycles. The van der Waals surface area contributed by atoms with Crippen molar-refractivity contribution in [3.05, 3.63) is 23.3 Å². The molecule has 0 aliphatic carbocycles. The van der Waals surface area contributed by atoms with Crippen LogP contribution in [0, 0.1) is 0 Å². The normalized spacial score (nSPS) is 10.6. The smallest absolute Gasteiger partial charge is 0.339 e. The summed E-state index contributed by atoms with van der Waals surface area (Å²) >= 11 is 0. The monoisotopic (exact) mass is 380 g/mol. The van der Waals surface area contributed by atoms with Crippen LogP contribution in [0.4, 0.5) is 0 Å². The van der Waals surface area contributed by atoms with E-state index in [4.69, 9.17) is 14.6 Å². The minimum atomic E-state index is -1.24. The highest BCUT2D eigenvalue weighted by Crippen LogP contribution is 2.29. The van der Waals surface area contributed by atoms with Gasteiger partial charge in [-0.1, -0.05) is 64.7 Å². The summed E-state index contributed by atoms with van der Waals surface area (Å²) in [5.74, 6) is -2.24. The molecule has 2 N–H and O–H groups in total. The zero-order valence-corrected chi connectivity index (χ0v) is 16.5. The molecule has 1 aromatic rings. The fourth-order valence-electron chi connectivity index (χ4n) is 2.96. The molecule has 0 amide bonds. The van der Waals surface area contributed by atoms with Gasteiger partial charge in [-0.15, -0.1) is 0 Å². The van der Waals surface area contributed by atoms with Crippen LogP contribution in [0.15, 0.2) is 12.1 Å². The minimum absolute atomic E-state index is 0.0885. The van der Waals surface area contributed by atoms with Crippen LogP contribution >= 0.6 is 0 Å². The molecule has 0 bridgehead atoms. The van der Waals surface area contributed by atoms with E-state index in [-0.39, 0.29) is 22.6 Å². The Morgan fingerprint density at radius 1 is 0.778 bits per heavy atom. The number of ether oxygens (including phenoxy) is 2. The summed E-state index contributed by atoms with van der Waals surface area (Å²) in [5.41, 5.74) is -0.360. The summed E-state index contributed by atoms with van der Waals surface area (Å²) < 4.78 is 10.6. The van der Waals surface area contributed by atoms with E-state index < -0.39 is 11.9 Å². The number of rotatable bonds is 15. The Hall–Kier alpha value is -2.24. The lowest BCUT2D eigenvalue weighted by Crippen LogP contribution is -2.09. The molecule has 6 nitrogen and oxygen atoms in total. The van der Waals surface area contributed by atoms with Crippen molar-refractivity contribution in [3.63, 3.8) is 0 Å². The molecule has 0 aromatic heterocycles. The highest BCUT2D eigenvalue weighted by atomic mass is 16.5. The second-order valence-electron chi connectivity index (χ2n) is 6.69. The third-order valence-electron chi connectivity index (χ3n) is 4.52. The van der Waals surface area contributed by atoms with Gasteiger partial charge in [-0.3, -0.25) is 0 Å². The average Bonchev–Trinajstić information content (AvgIpc) is 2.65. The molecule has 27 heavy (non-hydrogen) atoms. The quantitative estimate of drug-likeness (QED) is 0.396. The minimum Gasteiger partial charge on any atom is -0.496 e. The number of benzene rings is 1. The van der Waals surface area contributed by atoms with Gasteiger partial charge in [0, 0.05) is 6.07 Å². The van der Waals surface area contributed by atoms with Gasteiger partial charge in [0.15, 0.2) is 0 Å². The fraction of sp³-hybridized carbons (Fsp3) is 0.619. The third kappa shape index (κ3) is 8.33. The lowest BCUT2D eigenvalue weighted by Gasteiger charge is -2.13. The van der Waals surface area contributed by atoms with E-state index in [1.807, 2.05) is 0 Å². The first-order valence-corrected chi connectivity index (χ1v) is 9.82. The van der Waals surface area contributed by atoms with Crippen molar-refractivity contribution in [2.45, 2.75) is 71.1 Å². The number of carboxylic acid groups (broad SMARTS) is 2. The molecule has 0 radical (unpaired) electrons. The van der Waals surface area contributed by atoms with E-state index in [0.717, 1.165) is 25.3 Å². The Balaban J connectivity index is 2.39. The van der Waals surface area contributed by atoms with Gasteiger partial charge >= 0.3 is 11.9 Å². The van der Waals surface area contributed by atoms with E-state index in [2.05, 4.69) is 6.92 Å². The second-order valence-corrected chi connectivity index (χ2v) is 6.69. The highest BCUT2D eigenvalue weighted by Gasteiger charge is 2.20. The Morgan fingerprint density at radius 3 is 1.74 bits per heavy atom. The van der Waals surface area contributed by atoms with Crippen molar-refractivity contribution in [3.8, 4) is 11.5 Å². The van der Waals surface area contributed by atoms with Crippen molar-refractivity contribution in [2.24, 2.45) is 0 Å². The average molecular weight is 380 g/mol. The van der Waals surface area contributed by atoms with Crippen LogP contribution in [-0.2, 0) is 0 Å². The molecule has 152 valence electrons. The van der Waals surface area contributed by atoms with Gasteiger partial charge in [-0.05, 0) is 12.5 Å². The lowest BCUT2D eigenvalue weighted by atomic mass is 10.1. The van der Waals surface area contributed by atoms with Crippen LogP contribution in [0.3, 0.4) is 0 Å². The van der Waals surface area contributed by atoms with Gasteiger partial charge in [0.25, 0.3) is 0 Å². The number of methoxy groups -OCH3 is 1. The van der Waals surface area contributed by atoms with Crippen LogP contribution in [0.1, 0.15) is 91.8 Å². The van der Waals surface area contributed by atoms with E-state index in [9.17, 15) is 14.7 Å². The van der Waals surface area contributed by atoms with E-state index in [1.165, 1.54) is 58.1 Å². The topological polar surface area (TPSA) is 93.1 Å². The molecule has 1 rings (SSSR count). The first kappa shape index (κ1) is 22.8. The Labute approximate surface area is 161 Å². The zero-order valence-electron chi connectivity index (χ0n) is 16.5. The number of carboxylic acids is 2. The molecule has 0 unspecified atom stereocenters. The molecular formula is C21H32O6. The molecule has 0 heterocycles. The summed E-state index contributed by atoms with van der Waals surface area (Å²) in [6.45, 7) is 2.62. The highest BCUT2D eigenvalue weighted by molar-refractivity contribution is 5.98. The van der Waals surface area contributed by atoms with Gasteiger partial charge < -0.3 is 19.7 Å². The van der Waals surface area contributed by atoms with Crippen LogP contribution in [0.2, 0.25) is 0 Å². The van der Waals surface area contributed by atoms with E-state index >= 15 is 0 Å². The van der Waals surface area contributed by atoms with Crippen molar-refractivity contribution in [1.29, 1.82) is 0 Å². The van der Waals surface area contributed by atoms with Crippen molar-refractivity contribution >= 4 is 11.9 Å². The predicted octanol–water partition coefficient (Wildman–Crippen LogP) is 5.39. The second kappa shape index (κ2) is 13.0. The number of unbranched alkanes of at least 4 members (excludes halogenated alkanes) is 9. The number of hydrogen-bond acceptors (Lipinski definition) is 4. The largest absolute Gasteiger partial charge is 0.496 e.